The molecule has 0 aromatic heterocycles. The lowest BCUT2D eigenvalue weighted by atomic mass is 10.1. The molecule has 1 saturated carbocycles. The van der Waals surface area contributed by atoms with Gasteiger partial charge in [0.25, 0.3) is 0 Å². The van der Waals surface area contributed by atoms with Gasteiger partial charge in [-0.1, -0.05) is 31.5 Å². The maximum atomic E-state index is 12.6. The summed E-state index contributed by atoms with van der Waals surface area (Å²) in [5.74, 6) is 0.493. The molecule has 2 rings (SSSR count). The Morgan fingerprint density at radius 1 is 1.28 bits per heavy atom. The molecule has 0 saturated heterocycles. The molecule has 18 heavy (non-hydrogen) atoms. The Bertz CT molecular complexity index is 415. The molecule has 1 N–H and O–H groups in total. The number of hydrogen-bond donors (Lipinski definition) is 1. The van der Waals surface area contributed by atoms with E-state index in [4.69, 9.17) is 0 Å². The minimum absolute atomic E-state index is 0.303. The quantitative estimate of drug-likeness (QED) is 0.907. The van der Waals surface area contributed by atoms with Gasteiger partial charge in [0.15, 0.2) is 0 Å². The molecule has 1 fully saturated rings. The zero-order chi connectivity index (χ0) is 13.1. The topological polar surface area (TPSA) is 29.1 Å². The minimum Gasteiger partial charge on any atom is -0.314 e. The average molecular weight is 265 g/mol. The standard InChI is InChI=1S/C15H23NOS/c1-4-16-14-9-10-15(12(14)3)18(17)13-7-5-11(2)6-8-13/h5-8,12,14-16H,4,9-10H2,1-3H3. The first-order chi connectivity index (χ1) is 8.63. The second-order valence-corrected chi connectivity index (χ2v) is 6.92. The Morgan fingerprint density at radius 3 is 2.56 bits per heavy atom. The number of hydrogen-bond acceptors (Lipinski definition) is 2. The van der Waals surface area contributed by atoms with Gasteiger partial charge >= 0.3 is 0 Å². The Hall–Kier alpha value is -0.670. The van der Waals surface area contributed by atoms with Crippen LogP contribution in [0.4, 0.5) is 0 Å². The van der Waals surface area contributed by atoms with Crippen molar-refractivity contribution in [2.45, 2.75) is 49.8 Å². The summed E-state index contributed by atoms with van der Waals surface area (Å²) in [5, 5.41) is 3.81. The summed E-state index contributed by atoms with van der Waals surface area (Å²) in [6.45, 7) is 7.43. The zero-order valence-electron chi connectivity index (χ0n) is 11.5. The predicted octanol–water partition coefficient (Wildman–Crippen LogP) is 2.88. The normalized spacial score (nSPS) is 29.4. The van der Waals surface area contributed by atoms with Crippen LogP contribution in [0.2, 0.25) is 0 Å². The van der Waals surface area contributed by atoms with Crippen LogP contribution in [0.5, 0.6) is 0 Å². The van der Waals surface area contributed by atoms with Crippen LogP contribution in [0.3, 0.4) is 0 Å². The smallest absolute Gasteiger partial charge is 0.0564 e. The van der Waals surface area contributed by atoms with E-state index in [1.807, 2.05) is 12.1 Å². The van der Waals surface area contributed by atoms with Gasteiger partial charge in [-0.2, -0.15) is 0 Å². The van der Waals surface area contributed by atoms with Gasteiger partial charge in [-0.05, 0) is 44.4 Å². The second-order valence-electron chi connectivity index (χ2n) is 5.25. The highest BCUT2D eigenvalue weighted by Crippen LogP contribution is 2.32. The highest BCUT2D eigenvalue weighted by Gasteiger charge is 2.36. The van der Waals surface area contributed by atoms with Crippen molar-refractivity contribution in [3.63, 3.8) is 0 Å². The van der Waals surface area contributed by atoms with Crippen molar-refractivity contribution in [1.82, 2.24) is 5.32 Å². The van der Waals surface area contributed by atoms with Crippen molar-refractivity contribution in [1.29, 1.82) is 0 Å². The van der Waals surface area contributed by atoms with Crippen LogP contribution < -0.4 is 5.32 Å². The summed E-state index contributed by atoms with van der Waals surface area (Å²) in [6.07, 6.45) is 2.22. The third-order valence-corrected chi connectivity index (χ3v) is 5.93. The number of nitrogens with one attached hydrogen (secondary N) is 1. The van der Waals surface area contributed by atoms with E-state index in [0.717, 1.165) is 24.3 Å². The lowest BCUT2D eigenvalue weighted by molar-refractivity contribution is 0.438. The SMILES string of the molecule is CCNC1CCC(S(=O)c2ccc(C)cc2)C1C. The van der Waals surface area contributed by atoms with E-state index < -0.39 is 10.8 Å². The summed E-state index contributed by atoms with van der Waals surface area (Å²) in [7, 11) is -0.861. The van der Waals surface area contributed by atoms with Gasteiger partial charge in [-0.15, -0.1) is 0 Å². The first kappa shape index (κ1) is 13.8. The first-order valence-corrected chi connectivity index (χ1v) is 8.05. The van der Waals surface area contributed by atoms with Crippen molar-refractivity contribution in [3.05, 3.63) is 29.8 Å². The molecule has 0 heterocycles. The maximum Gasteiger partial charge on any atom is 0.0564 e. The molecule has 2 nitrogen and oxygen atoms in total. The largest absolute Gasteiger partial charge is 0.314 e. The van der Waals surface area contributed by atoms with Crippen molar-refractivity contribution in [2.75, 3.05) is 6.54 Å². The summed E-state index contributed by atoms with van der Waals surface area (Å²) in [4.78, 5) is 0.981. The van der Waals surface area contributed by atoms with Crippen LogP contribution >= 0.6 is 0 Å². The molecule has 4 atom stereocenters. The van der Waals surface area contributed by atoms with Crippen molar-refractivity contribution in [2.24, 2.45) is 5.92 Å². The van der Waals surface area contributed by atoms with E-state index in [9.17, 15) is 4.21 Å². The number of benzene rings is 1. The van der Waals surface area contributed by atoms with Gasteiger partial charge in [0, 0.05) is 16.2 Å². The number of rotatable bonds is 4. The molecule has 100 valence electrons. The molecule has 1 aliphatic rings. The van der Waals surface area contributed by atoms with E-state index in [-0.39, 0.29) is 0 Å². The second kappa shape index (κ2) is 5.98. The molecule has 0 spiro atoms. The fourth-order valence-corrected chi connectivity index (χ4v) is 4.51. The van der Waals surface area contributed by atoms with Crippen molar-refractivity contribution < 1.29 is 4.21 Å². The van der Waals surface area contributed by atoms with Gasteiger partial charge in [0.2, 0.25) is 0 Å². The third kappa shape index (κ3) is 2.83. The van der Waals surface area contributed by atoms with Gasteiger partial charge in [-0.3, -0.25) is 4.21 Å². The Morgan fingerprint density at radius 2 is 1.94 bits per heavy atom. The molecule has 4 unspecified atom stereocenters. The van der Waals surface area contributed by atoms with E-state index in [1.165, 1.54) is 5.56 Å². The van der Waals surface area contributed by atoms with Crippen LogP contribution in [0, 0.1) is 12.8 Å². The predicted molar refractivity (Wildman–Crippen MR) is 77.2 cm³/mol. The fraction of sp³-hybridized carbons (Fsp3) is 0.600. The zero-order valence-corrected chi connectivity index (χ0v) is 12.3. The third-order valence-electron chi connectivity index (χ3n) is 3.98. The highest BCUT2D eigenvalue weighted by molar-refractivity contribution is 7.85. The molecule has 3 heteroatoms. The van der Waals surface area contributed by atoms with Gasteiger partial charge in [0.1, 0.15) is 0 Å². The Kier molecular flexibility index (Phi) is 4.57. The van der Waals surface area contributed by atoms with Crippen LogP contribution in [-0.4, -0.2) is 22.0 Å². The molecular formula is C15H23NOS. The minimum atomic E-state index is -0.861. The van der Waals surface area contributed by atoms with Crippen LogP contribution in [0.25, 0.3) is 0 Å². The van der Waals surface area contributed by atoms with Crippen LogP contribution in [0.1, 0.15) is 32.3 Å². The number of aryl methyl sites for hydroxylation is 1. The average Bonchev–Trinajstić information content (AvgIpc) is 2.72. The monoisotopic (exact) mass is 265 g/mol. The summed E-state index contributed by atoms with van der Waals surface area (Å²) in [5.41, 5.74) is 1.22. The molecule has 0 aliphatic heterocycles. The van der Waals surface area contributed by atoms with Gasteiger partial charge in [-0.25, -0.2) is 0 Å². The highest BCUT2D eigenvalue weighted by atomic mass is 32.2. The maximum absolute atomic E-state index is 12.6. The molecule has 1 aromatic carbocycles. The van der Waals surface area contributed by atoms with Gasteiger partial charge < -0.3 is 5.32 Å². The van der Waals surface area contributed by atoms with Gasteiger partial charge in [0.05, 0.1) is 10.8 Å². The van der Waals surface area contributed by atoms with Crippen LogP contribution in [-0.2, 0) is 10.8 Å². The first-order valence-electron chi connectivity index (χ1n) is 6.84. The lowest BCUT2D eigenvalue weighted by Crippen LogP contribution is -2.34. The molecule has 0 bridgehead atoms. The van der Waals surface area contributed by atoms with Crippen molar-refractivity contribution >= 4 is 10.8 Å². The van der Waals surface area contributed by atoms with E-state index >= 15 is 0 Å². The molecule has 1 aliphatic carbocycles. The fourth-order valence-electron chi connectivity index (χ4n) is 2.83. The summed E-state index contributed by atoms with van der Waals surface area (Å²) in [6, 6.07) is 8.66. The summed E-state index contributed by atoms with van der Waals surface area (Å²) >= 11 is 0. The Labute approximate surface area is 113 Å². The lowest BCUT2D eigenvalue weighted by Gasteiger charge is -2.21. The van der Waals surface area contributed by atoms with E-state index in [1.54, 1.807) is 0 Å². The molecular weight excluding hydrogens is 242 g/mol. The molecule has 0 radical (unpaired) electrons. The molecule has 0 amide bonds. The van der Waals surface area contributed by atoms with E-state index in [0.29, 0.717) is 17.2 Å². The molecule has 1 aromatic rings. The Balaban J connectivity index is 2.08. The van der Waals surface area contributed by atoms with Crippen LogP contribution in [0.15, 0.2) is 29.2 Å². The summed E-state index contributed by atoms with van der Waals surface area (Å²) < 4.78 is 12.6. The van der Waals surface area contributed by atoms with Crippen molar-refractivity contribution in [3.8, 4) is 0 Å². The van der Waals surface area contributed by atoms with E-state index in [2.05, 4.69) is 38.2 Å².